The molecule has 1 atom stereocenters. The normalized spacial score (nSPS) is 18.4. The molecule has 0 unspecified atom stereocenters. The Kier molecular flexibility index (Phi) is 3.72. The van der Waals surface area contributed by atoms with Gasteiger partial charge >= 0.3 is 5.97 Å². The van der Waals surface area contributed by atoms with Crippen LogP contribution in [0.2, 0.25) is 0 Å². The maximum Gasteiger partial charge on any atom is 0.334 e. The number of aromatic nitrogens is 1. The average Bonchev–Trinajstić information content (AvgIpc) is 2.97. The average molecular weight is 304 g/mol. The summed E-state index contributed by atoms with van der Waals surface area (Å²) in [5.41, 5.74) is 1.25. The van der Waals surface area contributed by atoms with E-state index in [1.807, 2.05) is 18.2 Å². The fourth-order valence-electron chi connectivity index (χ4n) is 2.51. The summed E-state index contributed by atoms with van der Waals surface area (Å²) in [5, 5.41) is 9.86. The largest absolute Gasteiger partial charge is 0.497 e. The Morgan fingerprint density at radius 1 is 1.41 bits per heavy atom. The number of carboxylic acids is 1. The molecule has 1 aliphatic rings. The summed E-state index contributed by atoms with van der Waals surface area (Å²) in [6.07, 6.45) is -0.970. The third-order valence-corrected chi connectivity index (χ3v) is 3.69. The van der Waals surface area contributed by atoms with Crippen molar-refractivity contribution in [3.05, 3.63) is 30.0 Å². The Morgan fingerprint density at radius 3 is 2.95 bits per heavy atom. The van der Waals surface area contributed by atoms with Crippen molar-refractivity contribution in [2.24, 2.45) is 0 Å². The number of methoxy groups -OCH3 is 1. The maximum absolute atomic E-state index is 12.5. The molecule has 116 valence electrons. The van der Waals surface area contributed by atoms with Gasteiger partial charge in [0.05, 0.1) is 20.3 Å². The summed E-state index contributed by atoms with van der Waals surface area (Å²) in [4.78, 5) is 28.0. The number of carbonyl (C=O) groups is 2. The molecule has 2 heterocycles. The van der Waals surface area contributed by atoms with E-state index in [1.165, 1.54) is 4.90 Å². The number of carbonyl (C=O) groups excluding carboxylic acids is 1. The second kappa shape index (κ2) is 5.69. The van der Waals surface area contributed by atoms with E-state index in [2.05, 4.69) is 4.98 Å². The minimum absolute atomic E-state index is 0.0485. The van der Waals surface area contributed by atoms with E-state index in [0.29, 0.717) is 18.0 Å². The van der Waals surface area contributed by atoms with Crippen molar-refractivity contribution >= 4 is 22.8 Å². The lowest BCUT2D eigenvalue weighted by molar-refractivity contribution is -0.154. The highest BCUT2D eigenvalue weighted by Gasteiger charge is 2.30. The van der Waals surface area contributed by atoms with Crippen molar-refractivity contribution in [1.29, 1.82) is 0 Å². The summed E-state index contributed by atoms with van der Waals surface area (Å²) in [7, 11) is 1.58. The van der Waals surface area contributed by atoms with E-state index in [1.54, 1.807) is 13.2 Å². The van der Waals surface area contributed by atoms with Gasteiger partial charge in [0.1, 0.15) is 11.4 Å². The molecule has 1 aromatic heterocycles. The Labute approximate surface area is 126 Å². The second-order valence-electron chi connectivity index (χ2n) is 5.09. The smallest absolute Gasteiger partial charge is 0.334 e. The van der Waals surface area contributed by atoms with Gasteiger partial charge in [-0.15, -0.1) is 0 Å². The summed E-state index contributed by atoms with van der Waals surface area (Å²) >= 11 is 0. The van der Waals surface area contributed by atoms with Gasteiger partial charge < -0.3 is 24.5 Å². The van der Waals surface area contributed by atoms with E-state index in [9.17, 15) is 9.59 Å². The standard InChI is InChI=1S/C15H16N2O5/c1-21-10-2-3-11-9(6-10)7-12(16-11)14(18)17-4-5-22-13(8-17)15(19)20/h2-3,6-7,13,16H,4-5,8H2,1H3,(H,19,20)/t13-/m1/s1. The van der Waals surface area contributed by atoms with Crippen molar-refractivity contribution in [3.63, 3.8) is 0 Å². The zero-order valence-electron chi connectivity index (χ0n) is 12.0. The van der Waals surface area contributed by atoms with Gasteiger partial charge in [0.2, 0.25) is 0 Å². The molecule has 2 aromatic rings. The number of hydrogen-bond donors (Lipinski definition) is 2. The first-order valence-corrected chi connectivity index (χ1v) is 6.89. The number of aromatic amines is 1. The number of morpholine rings is 1. The van der Waals surface area contributed by atoms with Crippen LogP contribution in [0.15, 0.2) is 24.3 Å². The Morgan fingerprint density at radius 2 is 2.23 bits per heavy atom. The van der Waals surface area contributed by atoms with E-state index in [0.717, 1.165) is 10.9 Å². The molecule has 1 aromatic carbocycles. The van der Waals surface area contributed by atoms with Gasteiger partial charge in [-0.25, -0.2) is 4.79 Å². The van der Waals surface area contributed by atoms with Gasteiger partial charge in [0.25, 0.3) is 5.91 Å². The lowest BCUT2D eigenvalue weighted by atomic mass is 10.2. The SMILES string of the molecule is COc1ccc2[nH]c(C(=O)N3CCO[C@@H](C(=O)O)C3)cc2c1. The minimum Gasteiger partial charge on any atom is -0.497 e. The fraction of sp³-hybridized carbons (Fsp3) is 0.333. The first kappa shape index (κ1) is 14.4. The number of nitrogens with one attached hydrogen (secondary N) is 1. The highest BCUT2D eigenvalue weighted by Crippen LogP contribution is 2.22. The van der Waals surface area contributed by atoms with Gasteiger partial charge in [0, 0.05) is 17.4 Å². The van der Waals surface area contributed by atoms with Crippen molar-refractivity contribution in [2.45, 2.75) is 6.10 Å². The number of aliphatic carboxylic acids is 1. The summed E-state index contributed by atoms with van der Waals surface area (Å²) in [6.45, 7) is 0.644. The first-order chi connectivity index (χ1) is 10.6. The molecule has 1 amide bonds. The van der Waals surface area contributed by atoms with Crippen molar-refractivity contribution < 1.29 is 24.2 Å². The van der Waals surface area contributed by atoms with Crippen LogP contribution >= 0.6 is 0 Å². The van der Waals surface area contributed by atoms with Crippen LogP contribution in [-0.2, 0) is 9.53 Å². The van der Waals surface area contributed by atoms with Crippen LogP contribution in [0.1, 0.15) is 10.5 Å². The van der Waals surface area contributed by atoms with Gasteiger partial charge in [-0.2, -0.15) is 0 Å². The van der Waals surface area contributed by atoms with E-state index < -0.39 is 12.1 Å². The van der Waals surface area contributed by atoms with Crippen molar-refractivity contribution in [2.75, 3.05) is 26.8 Å². The number of benzene rings is 1. The molecule has 7 nitrogen and oxygen atoms in total. The number of hydrogen-bond acceptors (Lipinski definition) is 4. The van der Waals surface area contributed by atoms with Crippen molar-refractivity contribution in [1.82, 2.24) is 9.88 Å². The highest BCUT2D eigenvalue weighted by molar-refractivity contribution is 5.98. The summed E-state index contributed by atoms with van der Waals surface area (Å²) < 4.78 is 10.3. The molecule has 0 bridgehead atoms. The molecule has 1 fully saturated rings. The second-order valence-corrected chi connectivity index (χ2v) is 5.09. The van der Waals surface area contributed by atoms with Crippen LogP contribution in [0, 0.1) is 0 Å². The highest BCUT2D eigenvalue weighted by atomic mass is 16.5. The number of ether oxygens (including phenoxy) is 2. The topological polar surface area (TPSA) is 91.9 Å². The lowest BCUT2D eigenvalue weighted by Gasteiger charge is -2.30. The summed E-state index contributed by atoms with van der Waals surface area (Å²) in [5.74, 6) is -0.577. The van der Waals surface area contributed by atoms with Crippen LogP contribution in [0.3, 0.4) is 0 Å². The van der Waals surface area contributed by atoms with Crippen LogP contribution in [0.5, 0.6) is 5.75 Å². The molecule has 0 saturated carbocycles. The quantitative estimate of drug-likeness (QED) is 0.886. The number of H-pyrrole nitrogens is 1. The lowest BCUT2D eigenvalue weighted by Crippen LogP contribution is -2.48. The molecule has 22 heavy (non-hydrogen) atoms. The predicted molar refractivity (Wildman–Crippen MR) is 78.1 cm³/mol. The number of fused-ring (bicyclic) bond motifs is 1. The van der Waals surface area contributed by atoms with E-state index in [-0.39, 0.29) is 19.1 Å². The third-order valence-electron chi connectivity index (χ3n) is 3.69. The van der Waals surface area contributed by atoms with Crippen LogP contribution < -0.4 is 4.74 Å². The van der Waals surface area contributed by atoms with Gasteiger partial charge in [-0.05, 0) is 24.3 Å². The predicted octanol–water partition coefficient (Wildman–Crippen LogP) is 1.10. The molecule has 1 saturated heterocycles. The monoisotopic (exact) mass is 304 g/mol. The number of amides is 1. The van der Waals surface area contributed by atoms with Gasteiger partial charge in [-0.1, -0.05) is 0 Å². The van der Waals surface area contributed by atoms with Crippen molar-refractivity contribution in [3.8, 4) is 5.75 Å². The molecule has 0 spiro atoms. The Hall–Kier alpha value is -2.54. The molecule has 0 radical (unpaired) electrons. The van der Waals surface area contributed by atoms with Crippen LogP contribution in [0.25, 0.3) is 10.9 Å². The van der Waals surface area contributed by atoms with E-state index in [4.69, 9.17) is 14.6 Å². The molecular weight excluding hydrogens is 288 g/mol. The Balaban J connectivity index is 1.83. The van der Waals surface area contributed by atoms with Crippen LogP contribution in [-0.4, -0.2) is 59.8 Å². The Bertz CT molecular complexity index is 724. The first-order valence-electron chi connectivity index (χ1n) is 6.89. The zero-order valence-corrected chi connectivity index (χ0v) is 12.0. The number of carboxylic acid groups (broad SMARTS) is 1. The van der Waals surface area contributed by atoms with E-state index >= 15 is 0 Å². The molecule has 0 aliphatic carbocycles. The van der Waals surface area contributed by atoms with Crippen LogP contribution in [0.4, 0.5) is 0 Å². The molecule has 3 rings (SSSR count). The fourth-order valence-corrected chi connectivity index (χ4v) is 2.51. The third kappa shape index (κ3) is 2.62. The minimum atomic E-state index is -1.06. The molecular formula is C15H16N2O5. The summed E-state index contributed by atoms with van der Waals surface area (Å²) in [6, 6.07) is 7.22. The van der Waals surface area contributed by atoms with Gasteiger partial charge in [0.15, 0.2) is 6.10 Å². The number of nitrogens with zero attached hydrogens (tertiary/aromatic N) is 1. The molecule has 2 N–H and O–H groups in total. The van der Waals surface area contributed by atoms with Gasteiger partial charge in [-0.3, -0.25) is 4.79 Å². The number of rotatable bonds is 3. The maximum atomic E-state index is 12.5. The molecule has 1 aliphatic heterocycles. The zero-order chi connectivity index (χ0) is 15.7. The molecule has 7 heteroatoms.